The van der Waals surface area contributed by atoms with Crippen LogP contribution in [0.4, 0.5) is 4.39 Å². The summed E-state index contributed by atoms with van der Waals surface area (Å²) in [6.45, 7) is 0. The topological polar surface area (TPSA) is 29.5 Å². The largest absolute Gasteiger partial charge is 0.456 e. The lowest BCUT2D eigenvalue weighted by Gasteiger charge is -2.26. The van der Waals surface area contributed by atoms with Gasteiger partial charge in [-0.15, -0.1) is 0 Å². The molecule has 1 aliphatic heterocycles. The zero-order valence-corrected chi connectivity index (χ0v) is 10.5. The van der Waals surface area contributed by atoms with Gasteiger partial charge in [-0.05, 0) is 29.0 Å². The summed E-state index contributed by atoms with van der Waals surface area (Å²) in [7, 11) is 0. The first-order valence-corrected chi connectivity index (χ1v) is 6.41. The number of hydrogen-bond acceptors (Lipinski definition) is 2. The highest BCUT2D eigenvalue weighted by molar-refractivity contribution is 5.89. The predicted molar refractivity (Wildman–Crippen MR) is 74.5 cm³/mol. The Morgan fingerprint density at radius 1 is 0.850 bits per heavy atom. The Kier molecular flexibility index (Phi) is 2.32. The van der Waals surface area contributed by atoms with Crippen LogP contribution in [0.3, 0.4) is 0 Å². The normalized spacial score (nSPS) is 16.4. The van der Waals surface area contributed by atoms with Crippen molar-refractivity contribution >= 4 is 10.8 Å². The van der Waals surface area contributed by atoms with E-state index in [2.05, 4.69) is 0 Å². The fraction of sp³-hybridized carbons (Fsp3) is 0.0588. The van der Waals surface area contributed by atoms with Crippen molar-refractivity contribution in [3.05, 3.63) is 71.5 Å². The molecule has 0 aliphatic carbocycles. The SMILES string of the molecule is OC1c2c(F)cccc2Oc2ccc3ccccc3c21. The van der Waals surface area contributed by atoms with Crippen LogP contribution >= 0.6 is 0 Å². The maximum Gasteiger partial charge on any atom is 0.136 e. The van der Waals surface area contributed by atoms with E-state index in [1.807, 2.05) is 36.4 Å². The minimum Gasteiger partial charge on any atom is -0.456 e. The van der Waals surface area contributed by atoms with Gasteiger partial charge in [-0.25, -0.2) is 4.39 Å². The molecule has 0 bridgehead atoms. The maximum atomic E-state index is 14.0. The molecular weight excluding hydrogens is 255 g/mol. The Labute approximate surface area is 115 Å². The van der Waals surface area contributed by atoms with Gasteiger partial charge in [0.1, 0.15) is 23.4 Å². The van der Waals surface area contributed by atoms with Crippen molar-refractivity contribution in [3.63, 3.8) is 0 Å². The molecule has 0 fully saturated rings. The fourth-order valence-electron chi connectivity index (χ4n) is 2.78. The summed E-state index contributed by atoms with van der Waals surface area (Å²) in [5, 5.41) is 12.4. The van der Waals surface area contributed by atoms with Crippen molar-refractivity contribution in [2.24, 2.45) is 0 Å². The van der Waals surface area contributed by atoms with E-state index < -0.39 is 11.9 Å². The van der Waals surface area contributed by atoms with E-state index in [-0.39, 0.29) is 5.56 Å². The smallest absolute Gasteiger partial charge is 0.136 e. The number of rotatable bonds is 0. The van der Waals surface area contributed by atoms with Gasteiger partial charge in [0.2, 0.25) is 0 Å². The first kappa shape index (κ1) is 11.4. The van der Waals surface area contributed by atoms with Crippen LogP contribution in [0.25, 0.3) is 10.8 Å². The van der Waals surface area contributed by atoms with E-state index in [0.717, 1.165) is 10.8 Å². The maximum absolute atomic E-state index is 14.0. The number of halogens is 1. The quantitative estimate of drug-likeness (QED) is 0.661. The summed E-state index contributed by atoms with van der Waals surface area (Å²) in [6.07, 6.45) is -1.01. The van der Waals surface area contributed by atoms with Gasteiger partial charge in [-0.2, -0.15) is 0 Å². The number of ether oxygens (including phenoxy) is 1. The molecule has 3 aromatic rings. The van der Waals surface area contributed by atoms with Crippen LogP contribution in [-0.2, 0) is 0 Å². The van der Waals surface area contributed by atoms with E-state index in [9.17, 15) is 9.50 Å². The third kappa shape index (κ3) is 1.47. The summed E-state index contributed by atoms with van der Waals surface area (Å²) in [6, 6.07) is 16.0. The molecule has 0 amide bonds. The molecule has 0 saturated carbocycles. The minimum absolute atomic E-state index is 0.205. The fourth-order valence-corrected chi connectivity index (χ4v) is 2.78. The van der Waals surface area contributed by atoms with Gasteiger partial charge in [0, 0.05) is 5.56 Å². The lowest BCUT2D eigenvalue weighted by atomic mass is 9.92. The standard InChI is InChI=1S/C17H11FO2/c18-12-6-3-7-13-16(12)17(19)15-11-5-2-1-4-10(11)8-9-14(15)20-13/h1-9,17,19H. The summed E-state index contributed by atoms with van der Waals surface area (Å²) in [5.41, 5.74) is 0.831. The van der Waals surface area contributed by atoms with Crippen molar-refractivity contribution in [1.82, 2.24) is 0 Å². The first-order chi connectivity index (χ1) is 9.75. The van der Waals surface area contributed by atoms with Crippen molar-refractivity contribution in [2.75, 3.05) is 0 Å². The van der Waals surface area contributed by atoms with E-state index >= 15 is 0 Å². The van der Waals surface area contributed by atoms with Crippen LogP contribution in [-0.4, -0.2) is 5.11 Å². The van der Waals surface area contributed by atoms with Crippen LogP contribution in [0, 0.1) is 5.82 Å². The second kappa shape index (κ2) is 4.05. The number of aliphatic hydroxyl groups is 1. The molecule has 0 spiro atoms. The summed E-state index contributed by atoms with van der Waals surface area (Å²) in [5.74, 6) is 0.503. The molecule has 0 aromatic heterocycles. The molecule has 1 heterocycles. The molecule has 1 N–H and O–H groups in total. The average molecular weight is 266 g/mol. The third-order valence-corrected chi connectivity index (χ3v) is 3.71. The predicted octanol–water partition coefficient (Wildman–Crippen LogP) is 4.17. The number of aliphatic hydroxyl groups excluding tert-OH is 1. The van der Waals surface area contributed by atoms with E-state index in [1.165, 1.54) is 6.07 Å². The first-order valence-electron chi connectivity index (χ1n) is 6.41. The van der Waals surface area contributed by atoms with Crippen LogP contribution in [0.15, 0.2) is 54.6 Å². The highest BCUT2D eigenvalue weighted by atomic mass is 19.1. The molecule has 98 valence electrons. The molecule has 3 aromatic carbocycles. The van der Waals surface area contributed by atoms with Crippen LogP contribution in [0.2, 0.25) is 0 Å². The highest BCUT2D eigenvalue weighted by Crippen LogP contribution is 2.46. The van der Waals surface area contributed by atoms with Gasteiger partial charge in [-0.1, -0.05) is 36.4 Å². The molecule has 1 aliphatic rings. The molecule has 3 heteroatoms. The minimum atomic E-state index is -1.01. The third-order valence-electron chi connectivity index (χ3n) is 3.71. The molecule has 20 heavy (non-hydrogen) atoms. The van der Waals surface area contributed by atoms with Crippen molar-refractivity contribution in [3.8, 4) is 11.5 Å². The lowest BCUT2D eigenvalue weighted by molar-refractivity contribution is 0.199. The average Bonchev–Trinajstić information content (AvgIpc) is 2.47. The molecular formula is C17H11FO2. The second-order valence-corrected chi connectivity index (χ2v) is 4.85. The zero-order chi connectivity index (χ0) is 13.7. The zero-order valence-electron chi connectivity index (χ0n) is 10.5. The lowest BCUT2D eigenvalue weighted by Crippen LogP contribution is -2.12. The monoisotopic (exact) mass is 266 g/mol. The van der Waals surface area contributed by atoms with Crippen molar-refractivity contribution in [2.45, 2.75) is 6.10 Å². The Balaban J connectivity index is 2.05. The van der Waals surface area contributed by atoms with Gasteiger partial charge in [0.25, 0.3) is 0 Å². The summed E-state index contributed by atoms with van der Waals surface area (Å²) < 4.78 is 19.7. The van der Waals surface area contributed by atoms with E-state index in [1.54, 1.807) is 12.1 Å². The Morgan fingerprint density at radius 3 is 2.55 bits per heavy atom. The Morgan fingerprint density at radius 2 is 1.65 bits per heavy atom. The van der Waals surface area contributed by atoms with E-state index in [4.69, 9.17) is 4.74 Å². The molecule has 1 unspecified atom stereocenters. The number of benzene rings is 3. The van der Waals surface area contributed by atoms with E-state index in [0.29, 0.717) is 17.1 Å². The van der Waals surface area contributed by atoms with Gasteiger partial charge in [0.05, 0.1) is 5.56 Å². The van der Waals surface area contributed by atoms with Gasteiger partial charge in [-0.3, -0.25) is 0 Å². The molecule has 0 radical (unpaired) electrons. The molecule has 0 saturated heterocycles. The van der Waals surface area contributed by atoms with Crippen LogP contribution in [0.1, 0.15) is 17.2 Å². The van der Waals surface area contributed by atoms with Gasteiger partial charge < -0.3 is 9.84 Å². The number of fused-ring (bicyclic) bond motifs is 4. The van der Waals surface area contributed by atoms with Crippen LogP contribution in [0.5, 0.6) is 11.5 Å². The molecule has 2 nitrogen and oxygen atoms in total. The van der Waals surface area contributed by atoms with Gasteiger partial charge in [0.15, 0.2) is 0 Å². The summed E-state index contributed by atoms with van der Waals surface area (Å²) >= 11 is 0. The van der Waals surface area contributed by atoms with Crippen molar-refractivity contribution in [1.29, 1.82) is 0 Å². The van der Waals surface area contributed by atoms with Crippen LogP contribution < -0.4 is 4.74 Å². The second-order valence-electron chi connectivity index (χ2n) is 4.85. The van der Waals surface area contributed by atoms with Gasteiger partial charge >= 0.3 is 0 Å². The van der Waals surface area contributed by atoms with Crippen molar-refractivity contribution < 1.29 is 14.2 Å². The number of hydrogen-bond donors (Lipinski definition) is 1. The Bertz CT molecular complexity index is 826. The highest BCUT2D eigenvalue weighted by Gasteiger charge is 2.29. The molecule has 4 rings (SSSR count). The molecule has 1 atom stereocenters. The summed E-state index contributed by atoms with van der Waals surface area (Å²) in [4.78, 5) is 0. The Hall–Kier alpha value is -2.39.